The molecule has 1 unspecified atom stereocenters. The van der Waals surface area contributed by atoms with Crippen molar-refractivity contribution in [1.82, 2.24) is 5.32 Å². The molecule has 0 aromatic heterocycles. The van der Waals surface area contributed by atoms with E-state index in [1.807, 2.05) is 0 Å². The standard InChI is InChI=1S/C9H20N2/c1-7(9-3-4-9)6-11-8(2)5-10/h7-9,11H,3-6,10H2,1-2H3/t7?,8-/m1/s1. The lowest BCUT2D eigenvalue weighted by atomic mass is 10.1. The van der Waals surface area contributed by atoms with Crippen LogP contribution < -0.4 is 11.1 Å². The average Bonchev–Trinajstić information content (AvgIpc) is 2.81. The Morgan fingerprint density at radius 3 is 2.55 bits per heavy atom. The lowest BCUT2D eigenvalue weighted by Crippen LogP contribution is -2.36. The average molecular weight is 156 g/mol. The van der Waals surface area contributed by atoms with Gasteiger partial charge in [-0.2, -0.15) is 0 Å². The van der Waals surface area contributed by atoms with E-state index in [1.54, 1.807) is 0 Å². The maximum absolute atomic E-state index is 5.49. The maximum Gasteiger partial charge on any atom is 0.0162 e. The molecule has 0 bridgehead atoms. The van der Waals surface area contributed by atoms with Crippen molar-refractivity contribution in [3.8, 4) is 0 Å². The second kappa shape index (κ2) is 4.07. The Hall–Kier alpha value is -0.0800. The summed E-state index contributed by atoms with van der Waals surface area (Å²) >= 11 is 0. The second-order valence-electron chi connectivity index (χ2n) is 3.86. The third-order valence-corrected chi connectivity index (χ3v) is 2.57. The molecule has 0 aromatic carbocycles. The normalized spacial score (nSPS) is 23.2. The van der Waals surface area contributed by atoms with Gasteiger partial charge in [-0.05, 0) is 38.1 Å². The quantitative estimate of drug-likeness (QED) is 0.622. The summed E-state index contributed by atoms with van der Waals surface area (Å²) in [5.74, 6) is 1.86. The lowest BCUT2D eigenvalue weighted by molar-refractivity contribution is 0.429. The minimum atomic E-state index is 0.483. The Labute approximate surface area is 69.5 Å². The molecule has 66 valence electrons. The monoisotopic (exact) mass is 156 g/mol. The molecule has 1 rings (SSSR count). The first-order chi connectivity index (χ1) is 5.24. The van der Waals surface area contributed by atoms with Crippen molar-refractivity contribution in [2.45, 2.75) is 32.7 Å². The molecule has 0 aromatic rings. The van der Waals surface area contributed by atoms with Gasteiger partial charge in [-0.3, -0.25) is 0 Å². The van der Waals surface area contributed by atoms with E-state index in [2.05, 4.69) is 19.2 Å². The van der Waals surface area contributed by atoms with Crippen molar-refractivity contribution >= 4 is 0 Å². The van der Waals surface area contributed by atoms with Gasteiger partial charge in [0.1, 0.15) is 0 Å². The third-order valence-electron chi connectivity index (χ3n) is 2.57. The van der Waals surface area contributed by atoms with E-state index in [1.165, 1.54) is 12.8 Å². The van der Waals surface area contributed by atoms with Crippen molar-refractivity contribution < 1.29 is 0 Å². The van der Waals surface area contributed by atoms with E-state index >= 15 is 0 Å². The van der Waals surface area contributed by atoms with Crippen LogP contribution >= 0.6 is 0 Å². The molecule has 0 spiro atoms. The highest BCUT2D eigenvalue weighted by Gasteiger charge is 2.27. The Bertz CT molecular complexity index is 110. The zero-order chi connectivity index (χ0) is 8.27. The van der Waals surface area contributed by atoms with E-state index in [-0.39, 0.29) is 0 Å². The fraction of sp³-hybridized carbons (Fsp3) is 1.00. The fourth-order valence-electron chi connectivity index (χ4n) is 1.30. The van der Waals surface area contributed by atoms with Gasteiger partial charge in [0.25, 0.3) is 0 Å². The molecule has 11 heavy (non-hydrogen) atoms. The van der Waals surface area contributed by atoms with Crippen molar-refractivity contribution in [3.63, 3.8) is 0 Å². The van der Waals surface area contributed by atoms with Crippen molar-refractivity contribution in [3.05, 3.63) is 0 Å². The van der Waals surface area contributed by atoms with Gasteiger partial charge < -0.3 is 11.1 Å². The number of nitrogens with one attached hydrogen (secondary N) is 1. The van der Waals surface area contributed by atoms with E-state index in [0.717, 1.165) is 24.9 Å². The summed E-state index contributed by atoms with van der Waals surface area (Å²) in [6.45, 7) is 6.36. The predicted molar refractivity (Wildman–Crippen MR) is 48.4 cm³/mol. The molecule has 3 N–H and O–H groups in total. The minimum absolute atomic E-state index is 0.483. The largest absolute Gasteiger partial charge is 0.329 e. The zero-order valence-corrected chi connectivity index (χ0v) is 7.64. The summed E-state index contributed by atoms with van der Waals surface area (Å²) < 4.78 is 0. The number of nitrogens with two attached hydrogens (primary N) is 1. The summed E-state index contributed by atoms with van der Waals surface area (Å²) in [4.78, 5) is 0. The first-order valence-electron chi connectivity index (χ1n) is 4.67. The van der Waals surface area contributed by atoms with Crippen LogP contribution in [-0.2, 0) is 0 Å². The van der Waals surface area contributed by atoms with Gasteiger partial charge in [-0.1, -0.05) is 6.92 Å². The predicted octanol–water partition coefficient (Wildman–Crippen LogP) is 0.969. The SMILES string of the molecule is CC(CN[C@H](C)CN)C1CC1. The third kappa shape index (κ3) is 3.21. The first kappa shape index (κ1) is 9.01. The highest BCUT2D eigenvalue weighted by molar-refractivity contribution is 4.80. The first-order valence-corrected chi connectivity index (χ1v) is 4.67. The van der Waals surface area contributed by atoms with Crippen LogP contribution in [0.4, 0.5) is 0 Å². The van der Waals surface area contributed by atoms with Gasteiger partial charge in [-0.15, -0.1) is 0 Å². The van der Waals surface area contributed by atoms with E-state index < -0.39 is 0 Å². The van der Waals surface area contributed by atoms with Crippen LogP contribution in [0.3, 0.4) is 0 Å². The van der Waals surface area contributed by atoms with Crippen molar-refractivity contribution in [1.29, 1.82) is 0 Å². The molecule has 0 amide bonds. The molecule has 1 saturated carbocycles. The topological polar surface area (TPSA) is 38.0 Å². The fourth-order valence-corrected chi connectivity index (χ4v) is 1.30. The minimum Gasteiger partial charge on any atom is -0.329 e. The molecule has 0 heterocycles. The summed E-state index contributed by atoms with van der Waals surface area (Å²) in [5, 5.41) is 3.43. The number of hydrogen-bond acceptors (Lipinski definition) is 2. The summed E-state index contributed by atoms with van der Waals surface area (Å²) in [5.41, 5.74) is 5.49. The molecule has 2 heteroatoms. The Morgan fingerprint density at radius 1 is 1.45 bits per heavy atom. The number of rotatable bonds is 5. The molecule has 1 aliphatic carbocycles. The van der Waals surface area contributed by atoms with Crippen LogP contribution in [0.15, 0.2) is 0 Å². The van der Waals surface area contributed by atoms with Gasteiger partial charge in [0.15, 0.2) is 0 Å². The highest BCUT2D eigenvalue weighted by atomic mass is 14.9. The van der Waals surface area contributed by atoms with Crippen molar-refractivity contribution in [2.24, 2.45) is 17.6 Å². The van der Waals surface area contributed by atoms with Gasteiger partial charge in [0.2, 0.25) is 0 Å². The van der Waals surface area contributed by atoms with Crippen molar-refractivity contribution in [2.75, 3.05) is 13.1 Å². The van der Waals surface area contributed by atoms with Gasteiger partial charge in [-0.25, -0.2) is 0 Å². The zero-order valence-electron chi connectivity index (χ0n) is 7.64. The molecule has 0 saturated heterocycles. The molecule has 1 aliphatic rings. The number of hydrogen-bond donors (Lipinski definition) is 2. The van der Waals surface area contributed by atoms with Gasteiger partial charge in [0, 0.05) is 12.6 Å². The van der Waals surface area contributed by atoms with E-state index in [0.29, 0.717) is 6.04 Å². The summed E-state index contributed by atoms with van der Waals surface area (Å²) in [6.07, 6.45) is 2.89. The molecular formula is C9H20N2. The Morgan fingerprint density at radius 2 is 2.09 bits per heavy atom. The highest BCUT2D eigenvalue weighted by Crippen LogP contribution is 2.36. The molecule has 1 fully saturated rings. The van der Waals surface area contributed by atoms with E-state index in [4.69, 9.17) is 5.73 Å². The molecular weight excluding hydrogens is 136 g/mol. The van der Waals surface area contributed by atoms with Crippen LogP contribution in [0.1, 0.15) is 26.7 Å². The van der Waals surface area contributed by atoms with Crippen LogP contribution in [-0.4, -0.2) is 19.1 Å². The second-order valence-corrected chi connectivity index (χ2v) is 3.86. The lowest BCUT2D eigenvalue weighted by Gasteiger charge is -2.15. The van der Waals surface area contributed by atoms with Crippen LogP contribution in [0.5, 0.6) is 0 Å². The van der Waals surface area contributed by atoms with Crippen LogP contribution in [0.25, 0.3) is 0 Å². The molecule has 2 nitrogen and oxygen atoms in total. The van der Waals surface area contributed by atoms with Gasteiger partial charge in [0.05, 0.1) is 0 Å². The molecule has 0 radical (unpaired) electrons. The van der Waals surface area contributed by atoms with Crippen LogP contribution in [0, 0.1) is 11.8 Å². The van der Waals surface area contributed by atoms with E-state index in [9.17, 15) is 0 Å². The molecule has 2 atom stereocenters. The van der Waals surface area contributed by atoms with Crippen LogP contribution in [0.2, 0.25) is 0 Å². The Kier molecular flexibility index (Phi) is 3.34. The summed E-state index contributed by atoms with van der Waals surface area (Å²) in [6, 6.07) is 0.483. The molecule has 0 aliphatic heterocycles. The van der Waals surface area contributed by atoms with Gasteiger partial charge >= 0.3 is 0 Å². The smallest absolute Gasteiger partial charge is 0.0162 e. The summed E-state index contributed by atoms with van der Waals surface area (Å²) in [7, 11) is 0. The maximum atomic E-state index is 5.49. The Balaban J connectivity index is 2.00.